The number of carbonyl (C=O) groups is 1. The van der Waals surface area contributed by atoms with Gasteiger partial charge in [-0.05, 0) is 6.42 Å². The highest BCUT2D eigenvalue weighted by Gasteiger charge is 2.40. The Morgan fingerprint density at radius 1 is 1.53 bits per heavy atom. The molecule has 0 heterocycles. The number of ether oxygens (including phenoxy) is 1. The van der Waals surface area contributed by atoms with Gasteiger partial charge in [0.25, 0.3) is 0 Å². The molecule has 6 nitrogen and oxygen atoms in total. The van der Waals surface area contributed by atoms with Gasteiger partial charge in [0.2, 0.25) is 10.0 Å². The predicted molar refractivity (Wildman–Crippen MR) is 54.7 cm³/mol. The number of rotatable bonds is 5. The number of amides is 1. The van der Waals surface area contributed by atoms with E-state index in [4.69, 9.17) is 5.73 Å². The lowest BCUT2D eigenvalue weighted by atomic mass is 9.95. The molecule has 0 aromatic rings. The fourth-order valence-corrected chi connectivity index (χ4v) is 3.05. The van der Waals surface area contributed by atoms with Crippen LogP contribution in [-0.4, -0.2) is 32.4 Å². The van der Waals surface area contributed by atoms with Crippen LogP contribution in [0.1, 0.15) is 26.2 Å². The molecule has 0 spiro atoms. The summed E-state index contributed by atoms with van der Waals surface area (Å²) in [6.07, 6.45) is 0.236. The number of sulfonamides is 1. The molecule has 88 valence electrons. The molecule has 1 fully saturated rings. The summed E-state index contributed by atoms with van der Waals surface area (Å²) < 4.78 is 30.2. The van der Waals surface area contributed by atoms with Crippen LogP contribution in [0.3, 0.4) is 0 Å². The number of hydrogen-bond donors (Lipinski definition) is 2. The van der Waals surface area contributed by atoms with Crippen LogP contribution in [0, 0.1) is 0 Å². The molecule has 0 aliphatic heterocycles. The second-order valence-electron chi connectivity index (χ2n) is 3.59. The molecular weight excluding hydrogens is 220 g/mol. The van der Waals surface area contributed by atoms with E-state index in [0.717, 1.165) is 6.42 Å². The maximum absolute atomic E-state index is 11.5. The molecule has 1 saturated carbocycles. The van der Waals surface area contributed by atoms with E-state index in [1.165, 1.54) is 0 Å². The molecular formula is C8H16N2O4S. The zero-order valence-electron chi connectivity index (χ0n) is 8.60. The summed E-state index contributed by atoms with van der Waals surface area (Å²) in [5.74, 6) is 0. The molecule has 15 heavy (non-hydrogen) atoms. The van der Waals surface area contributed by atoms with Crippen molar-refractivity contribution in [2.75, 3.05) is 6.54 Å². The number of nitrogens with two attached hydrogens (primary N) is 1. The van der Waals surface area contributed by atoms with Gasteiger partial charge in [0.15, 0.2) is 0 Å². The molecule has 0 bridgehead atoms. The third-order valence-electron chi connectivity index (χ3n) is 2.33. The van der Waals surface area contributed by atoms with Crippen molar-refractivity contribution < 1.29 is 17.9 Å². The van der Waals surface area contributed by atoms with Crippen molar-refractivity contribution in [1.29, 1.82) is 0 Å². The van der Waals surface area contributed by atoms with Gasteiger partial charge >= 0.3 is 6.09 Å². The van der Waals surface area contributed by atoms with E-state index in [2.05, 4.69) is 9.46 Å². The van der Waals surface area contributed by atoms with Gasteiger partial charge < -0.3 is 10.5 Å². The Balaban J connectivity index is 2.34. The largest absolute Gasteiger partial charge is 0.446 e. The minimum absolute atomic E-state index is 0.335. The normalized spacial score (nSPS) is 25.7. The van der Waals surface area contributed by atoms with Crippen molar-refractivity contribution in [3.05, 3.63) is 0 Å². The minimum Gasteiger partial charge on any atom is -0.446 e. The Morgan fingerprint density at radius 3 is 2.60 bits per heavy atom. The van der Waals surface area contributed by atoms with Crippen molar-refractivity contribution in [2.45, 2.75) is 37.5 Å². The summed E-state index contributed by atoms with van der Waals surface area (Å²) in [6, 6.07) is 0. The lowest BCUT2D eigenvalue weighted by Crippen LogP contribution is -2.47. The molecule has 0 aromatic carbocycles. The van der Waals surface area contributed by atoms with Gasteiger partial charge in [-0.3, -0.25) is 0 Å². The first-order chi connectivity index (χ1) is 6.95. The molecule has 1 rings (SSSR count). The van der Waals surface area contributed by atoms with Gasteiger partial charge in [0, 0.05) is 19.4 Å². The summed E-state index contributed by atoms with van der Waals surface area (Å²) in [6.45, 7) is 2.34. The number of nitrogens with one attached hydrogen (secondary N) is 1. The van der Waals surface area contributed by atoms with E-state index in [0.29, 0.717) is 19.4 Å². The quantitative estimate of drug-likeness (QED) is 0.698. The smallest absolute Gasteiger partial charge is 0.404 e. The van der Waals surface area contributed by atoms with E-state index in [1.807, 2.05) is 6.92 Å². The fourth-order valence-electron chi connectivity index (χ4n) is 1.39. The lowest BCUT2D eigenvalue weighted by molar-refractivity contribution is 0.0608. The monoisotopic (exact) mass is 236 g/mol. The van der Waals surface area contributed by atoms with Crippen LogP contribution in [0.2, 0.25) is 0 Å². The van der Waals surface area contributed by atoms with Gasteiger partial charge in [0.1, 0.15) is 6.10 Å². The van der Waals surface area contributed by atoms with Crippen LogP contribution < -0.4 is 10.5 Å². The van der Waals surface area contributed by atoms with Crippen LogP contribution in [-0.2, 0) is 14.8 Å². The third kappa shape index (κ3) is 3.35. The van der Waals surface area contributed by atoms with E-state index >= 15 is 0 Å². The van der Waals surface area contributed by atoms with E-state index < -0.39 is 21.4 Å². The highest BCUT2D eigenvalue weighted by Crippen LogP contribution is 2.28. The first-order valence-corrected chi connectivity index (χ1v) is 6.45. The Labute approximate surface area is 89.2 Å². The fraction of sp³-hybridized carbons (Fsp3) is 0.875. The molecule has 3 N–H and O–H groups in total. The summed E-state index contributed by atoms with van der Waals surface area (Å²) in [5.41, 5.74) is 4.81. The molecule has 0 unspecified atom stereocenters. The molecule has 0 radical (unpaired) electrons. The van der Waals surface area contributed by atoms with Crippen molar-refractivity contribution in [3.8, 4) is 0 Å². The van der Waals surface area contributed by atoms with Crippen LogP contribution in [0.15, 0.2) is 0 Å². The zero-order chi connectivity index (χ0) is 11.5. The van der Waals surface area contributed by atoms with E-state index in [9.17, 15) is 13.2 Å². The van der Waals surface area contributed by atoms with Crippen molar-refractivity contribution in [1.82, 2.24) is 4.72 Å². The first kappa shape index (κ1) is 12.3. The second-order valence-corrected chi connectivity index (χ2v) is 5.64. The SMILES string of the molecule is CCCNS(=O)(=O)C1CC(OC(N)=O)C1. The zero-order valence-corrected chi connectivity index (χ0v) is 9.42. The maximum atomic E-state index is 11.5. The predicted octanol–water partition coefficient (Wildman–Crippen LogP) is -0.0579. The summed E-state index contributed by atoms with van der Waals surface area (Å²) in [5, 5.41) is -0.451. The van der Waals surface area contributed by atoms with Crippen molar-refractivity contribution in [2.24, 2.45) is 5.73 Å². The van der Waals surface area contributed by atoms with Crippen molar-refractivity contribution in [3.63, 3.8) is 0 Å². The van der Waals surface area contributed by atoms with Crippen LogP contribution in [0.4, 0.5) is 4.79 Å². The van der Waals surface area contributed by atoms with E-state index in [-0.39, 0.29) is 6.10 Å². The molecule has 0 aromatic heterocycles. The van der Waals surface area contributed by atoms with Gasteiger partial charge in [-0.2, -0.15) is 0 Å². The number of primary amides is 1. The van der Waals surface area contributed by atoms with Crippen LogP contribution >= 0.6 is 0 Å². The average Bonchev–Trinajstić information content (AvgIpc) is 2.06. The highest BCUT2D eigenvalue weighted by atomic mass is 32.2. The topological polar surface area (TPSA) is 98.5 Å². The average molecular weight is 236 g/mol. The molecule has 0 atom stereocenters. The maximum Gasteiger partial charge on any atom is 0.404 e. The van der Waals surface area contributed by atoms with Gasteiger partial charge in [0.05, 0.1) is 5.25 Å². The molecule has 1 aliphatic rings. The summed E-state index contributed by atoms with van der Waals surface area (Å²) in [7, 11) is -3.24. The van der Waals surface area contributed by atoms with Gasteiger partial charge in [-0.15, -0.1) is 0 Å². The van der Waals surface area contributed by atoms with Gasteiger partial charge in [-0.1, -0.05) is 6.92 Å². The first-order valence-electron chi connectivity index (χ1n) is 4.90. The molecule has 1 amide bonds. The summed E-state index contributed by atoms with van der Waals surface area (Å²) >= 11 is 0. The van der Waals surface area contributed by atoms with Gasteiger partial charge in [-0.25, -0.2) is 17.9 Å². The third-order valence-corrected chi connectivity index (χ3v) is 4.20. The standard InChI is InChI=1S/C8H16N2O4S/c1-2-3-10-15(12,13)7-4-6(5-7)14-8(9)11/h6-7,10H,2-5H2,1H3,(H2,9,11). The van der Waals surface area contributed by atoms with Crippen molar-refractivity contribution >= 4 is 16.1 Å². The minimum atomic E-state index is -3.24. The molecule has 7 heteroatoms. The Kier molecular flexibility index (Phi) is 3.92. The Hall–Kier alpha value is -0.820. The Bertz CT molecular complexity index is 322. The molecule has 1 aliphatic carbocycles. The highest BCUT2D eigenvalue weighted by molar-refractivity contribution is 7.90. The second kappa shape index (κ2) is 4.80. The Morgan fingerprint density at radius 2 is 2.13 bits per heavy atom. The van der Waals surface area contributed by atoms with Crippen LogP contribution in [0.25, 0.3) is 0 Å². The molecule has 0 saturated heterocycles. The number of hydrogen-bond acceptors (Lipinski definition) is 4. The van der Waals surface area contributed by atoms with E-state index in [1.54, 1.807) is 0 Å². The van der Waals surface area contributed by atoms with Crippen LogP contribution in [0.5, 0.6) is 0 Å². The lowest BCUT2D eigenvalue weighted by Gasteiger charge is -2.33. The summed E-state index contributed by atoms with van der Waals surface area (Å²) in [4.78, 5) is 10.4. The number of carbonyl (C=O) groups excluding carboxylic acids is 1.